The average Bonchev–Trinajstić information content (AvgIpc) is 2.49. The standard InChI is InChI=1S/C17H15F3O2S/c1-11-7-9-13(10-8-11)23-15-6-4-3-5-14(15)12(2)22-16(21)17(18,19)20/h3-10,12H,1-2H3/t12-/m1/s1. The third kappa shape index (κ3) is 4.76. The minimum absolute atomic E-state index is 0.538. The number of alkyl halides is 3. The Balaban J connectivity index is 2.19. The van der Waals surface area contributed by atoms with Crippen LogP contribution >= 0.6 is 11.8 Å². The summed E-state index contributed by atoms with van der Waals surface area (Å²) < 4.78 is 41.5. The van der Waals surface area contributed by atoms with Gasteiger partial charge in [-0.05, 0) is 32.0 Å². The molecule has 0 bridgehead atoms. The van der Waals surface area contributed by atoms with E-state index in [4.69, 9.17) is 0 Å². The molecule has 0 aliphatic rings. The summed E-state index contributed by atoms with van der Waals surface area (Å²) in [6.07, 6.45) is -5.98. The SMILES string of the molecule is Cc1ccc(Sc2ccccc2[C@@H](C)OC(=O)C(F)(F)F)cc1. The van der Waals surface area contributed by atoms with E-state index < -0.39 is 18.2 Å². The van der Waals surface area contributed by atoms with E-state index in [0.717, 1.165) is 15.4 Å². The lowest BCUT2D eigenvalue weighted by Crippen LogP contribution is -2.26. The molecule has 0 unspecified atom stereocenters. The van der Waals surface area contributed by atoms with Gasteiger partial charge < -0.3 is 4.74 Å². The minimum Gasteiger partial charge on any atom is -0.451 e. The molecular formula is C17H15F3O2S. The van der Waals surface area contributed by atoms with Crippen LogP contribution in [0.15, 0.2) is 58.3 Å². The summed E-state index contributed by atoms with van der Waals surface area (Å²) in [4.78, 5) is 12.7. The number of rotatable bonds is 4. The van der Waals surface area contributed by atoms with Gasteiger partial charge in [-0.2, -0.15) is 13.2 Å². The molecule has 0 saturated carbocycles. The van der Waals surface area contributed by atoms with Gasteiger partial charge in [0.05, 0.1) is 0 Å². The first-order chi connectivity index (χ1) is 10.8. The van der Waals surface area contributed by atoms with Gasteiger partial charge in [-0.15, -0.1) is 0 Å². The molecule has 1 atom stereocenters. The fourth-order valence-electron chi connectivity index (χ4n) is 1.93. The van der Waals surface area contributed by atoms with Gasteiger partial charge in [0.2, 0.25) is 0 Å². The second-order valence-corrected chi connectivity index (χ2v) is 6.11. The van der Waals surface area contributed by atoms with Crippen LogP contribution in [0.3, 0.4) is 0 Å². The maximum atomic E-state index is 12.3. The first kappa shape index (κ1) is 17.4. The third-order valence-electron chi connectivity index (χ3n) is 3.12. The van der Waals surface area contributed by atoms with E-state index in [2.05, 4.69) is 4.74 Å². The number of halogens is 3. The lowest BCUT2D eigenvalue weighted by atomic mass is 10.1. The second kappa shape index (κ2) is 7.08. The second-order valence-electron chi connectivity index (χ2n) is 5.00. The Morgan fingerprint density at radius 1 is 1.09 bits per heavy atom. The Morgan fingerprint density at radius 2 is 1.70 bits per heavy atom. The number of carbonyl (C=O) groups excluding carboxylic acids is 1. The van der Waals surface area contributed by atoms with Crippen molar-refractivity contribution in [3.05, 3.63) is 59.7 Å². The molecule has 0 spiro atoms. The van der Waals surface area contributed by atoms with Crippen molar-refractivity contribution < 1.29 is 22.7 Å². The lowest BCUT2D eigenvalue weighted by Gasteiger charge is -2.17. The highest BCUT2D eigenvalue weighted by Crippen LogP contribution is 2.35. The summed E-state index contributed by atoms with van der Waals surface area (Å²) in [6.45, 7) is 3.40. The predicted molar refractivity (Wildman–Crippen MR) is 82.3 cm³/mol. The van der Waals surface area contributed by atoms with Crippen LogP contribution in [0.1, 0.15) is 24.2 Å². The molecule has 0 N–H and O–H groups in total. The van der Waals surface area contributed by atoms with E-state index in [1.807, 2.05) is 31.2 Å². The van der Waals surface area contributed by atoms with Crippen LogP contribution in [-0.4, -0.2) is 12.1 Å². The van der Waals surface area contributed by atoms with Crippen LogP contribution in [0, 0.1) is 6.92 Å². The maximum absolute atomic E-state index is 12.3. The van der Waals surface area contributed by atoms with Gasteiger partial charge in [0.25, 0.3) is 0 Å². The van der Waals surface area contributed by atoms with Crippen LogP contribution in [-0.2, 0) is 9.53 Å². The number of hydrogen-bond acceptors (Lipinski definition) is 3. The van der Waals surface area contributed by atoms with Gasteiger partial charge in [0, 0.05) is 15.4 Å². The van der Waals surface area contributed by atoms with Crippen LogP contribution in [0.2, 0.25) is 0 Å². The molecule has 2 nitrogen and oxygen atoms in total. The van der Waals surface area contributed by atoms with Crippen molar-refractivity contribution in [2.45, 2.75) is 35.9 Å². The molecular weight excluding hydrogens is 325 g/mol. The summed E-state index contributed by atoms with van der Waals surface area (Å²) in [5.41, 5.74) is 1.66. The minimum atomic E-state index is -4.99. The Kier molecular flexibility index (Phi) is 5.36. The number of carbonyl (C=O) groups is 1. The van der Waals surface area contributed by atoms with Gasteiger partial charge in [-0.3, -0.25) is 0 Å². The van der Waals surface area contributed by atoms with Crippen molar-refractivity contribution in [2.24, 2.45) is 0 Å². The van der Waals surface area contributed by atoms with Crippen LogP contribution < -0.4 is 0 Å². The Hall–Kier alpha value is -1.95. The van der Waals surface area contributed by atoms with E-state index in [1.54, 1.807) is 24.3 Å². The highest BCUT2D eigenvalue weighted by atomic mass is 32.2. The van der Waals surface area contributed by atoms with Crippen LogP contribution in [0.25, 0.3) is 0 Å². The van der Waals surface area contributed by atoms with Gasteiger partial charge in [-0.25, -0.2) is 4.79 Å². The van der Waals surface area contributed by atoms with Crippen molar-refractivity contribution in [1.29, 1.82) is 0 Å². The average molecular weight is 340 g/mol. The number of esters is 1. The number of benzene rings is 2. The molecule has 23 heavy (non-hydrogen) atoms. The lowest BCUT2D eigenvalue weighted by molar-refractivity contribution is -0.204. The Morgan fingerprint density at radius 3 is 2.30 bits per heavy atom. The Bertz CT molecular complexity index is 681. The summed E-state index contributed by atoms with van der Waals surface area (Å²) in [6, 6.07) is 14.7. The summed E-state index contributed by atoms with van der Waals surface area (Å²) in [7, 11) is 0. The smallest absolute Gasteiger partial charge is 0.451 e. The number of aryl methyl sites for hydroxylation is 1. The zero-order valence-electron chi connectivity index (χ0n) is 12.6. The number of ether oxygens (including phenoxy) is 1. The zero-order valence-corrected chi connectivity index (χ0v) is 13.4. The summed E-state index contributed by atoms with van der Waals surface area (Å²) >= 11 is 1.41. The topological polar surface area (TPSA) is 26.3 Å². The molecule has 2 aromatic rings. The summed E-state index contributed by atoms with van der Waals surface area (Å²) in [5, 5.41) is 0. The van der Waals surface area contributed by atoms with Gasteiger partial charge in [0.15, 0.2) is 0 Å². The molecule has 0 amide bonds. The molecule has 2 aromatic carbocycles. The molecule has 2 rings (SSSR count). The molecule has 0 heterocycles. The normalized spacial score (nSPS) is 12.7. The summed E-state index contributed by atoms with van der Waals surface area (Å²) in [5.74, 6) is -2.18. The Labute approximate surface area is 136 Å². The fourth-order valence-corrected chi connectivity index (χ4v) is 2.96. The largest absolute Gasteiger partial charge is 0.490 e. The van der Waals surface area contributed by atoms with E-state index in [9.17, 15) is 18.0 Å². The molecule has 0 fully saturated rings. The van der Waals surface area contributed by atoms with Crippen molar-refractivity contribution in [3.8, 4) is 0 Å². The fraction of sp³-hybridized carbons (Fsp3) is 0.235. The van der Waals surface area contributed by atoms with Crippen molar-refractivity contribution in [3.63, 3.8) is 0 Å². The van der Waals surface area contributed by atoms with E-state index >= 15 is 0 Å². The van der Waals surface area contributed by atoms with E-state index in [-0.39, 0.29) is 0 Å². The zero-order chi connectivity index (χ0) is 17.0. The molecule has 0 aliphatic heterocycles. The monoisotopic (exact) mass is 340 g/mol. The quantitative estimate of drug-likeness (QED) is 0.705. The molecule has 0 radical (unpaired) electrons. The molecule has 122 valence electrons. The third-order valence-corrected chi connectivity index (χ3v) is 4.22. The van der Waals surface area contributed by atoms with Gasteiger partial charge in [-0.1, -0.05) is 47.7 Å². The maximum Gasteiger partial charge on any atom is 0.490 e. The van der Waals surface area contributed by atoms with Crippen molar-refractivity contribution in [1.82, 2.24) is 0 Å². The number of hydrogen-bond donors (Lipinski definition) is 0. The first-order valence-electron chi connectivity index (χ1n) is 6.88. The van der Waals surface area contributed by atoms with Crippen molar-refractivity contribution >= 4 is 17.7 Å². The highest BCUT2D eigenvalue weighted by molar-refractivity contribution is 7.99. The molecule has 6 heteroatoms. The van der Waals surface area contributed by atoms with Crippen molar-refractivity contribution in [2.75, 3.05) is 0 Å². The van der Waals surface area contributed by atoms with E-state index in [0.29, 0.717) is 5.56 Å². The first-order valence-corrected chi connectivity index (χ1v) is 7.70. The van der Waals surface area contributed by atoms with Gasteiger partial charge in [0.1, 0.15) is 6.10 Å². The van der Waals surface area contributed by atoms with Gasteiger partial charge >= 0.3 is 12.1 Å². The van der Waals surface area contributed by atoms with Crippen LogP contribution in [0.4, 0.5) is 13.2 Å². The molecule has 0 saturated heterocycles. The highest BCUT2D eigenvalue weighted by Gasteiger charge is 2.42. The van der Waals surface area contributed by atoms with Crippen LogP contribution in [0.5, 0.6) is 0 Å². The predicted octanol–water partition coefficient (Wildman–Crippen LogP) is 5.31. The molecule has 0 aliphatic carbocycles. The van der Waals surface area contributed by atoms with E-state index in [1.165, 1.54) is 18.7 Å². The molecule has 0 aromatic heterocycles.